The molecule has 1 saturated heterocycles. The first-order valence-corrected chi connectivity index (χ1v) is 10.7. The Morgan fingerprint density at radius 1 is 1.23 bits per heavy atom. The average molecular weight is 417 g/mol. The minimum Gasteiger partial charge on any atom is -0.382 e. The van der Waals surface area contributed by atoms with Crippen LogP contribution in [0.25, 0.3) is 0 Å². The van der Waals surface area contributed by atoms with Crippen LogP contribution < -0.4 is 15.1 Å². The number of ether oxygens (including phenoxy) is 1. The molecule has 164 valence electrons. The zero-order chi connectivity index (χ0) is 21.7. The number of benzene rings is 1. The summed E-state index contributed by atoms with van der Waals surface area (Å²) in [5.74, 6) is -0.410. The normalized spacial score (nSPS) is 18.0. The number of fused-ring (bicyclic) bond motifs is 3. The minimum absolute atomic E-state index is 0.0512. The van der Waals surface area contributed by atoms with Crippen LogP contribution in [0, 0.1) is 0 Å². The Balaban J connectivity index is 1.82. The molecule has 0 aliphatic carbocycles. The Morgan fingerprint density at radius 2 is 2.03 bits per heavy atom. The highest BCUT2D eigenvalue weighted by Gasteiger charge is 2.40. The van der Waals surface area contributed by atoms with Crippen LogP contribution in [0.2, 0.25) is 0 Å². The van der Waals surface area contributed by atoms with Crippen molar-refractivity contribution < 1.29 is 19.1 Å². The van der Waals surface area contributed by atoms with Crippen molar-refractivity contribution in [1.82, 2.24) is 10.2 Å². The molecule has 0 bridgehead atoms. The molecule has 3 rings (SSSR count). The van der Waals surface area contributed by atoms with Gasteiger partial charge in [-0.3, -0.25) is 19.3 Å². The summed E-state index contributed by atoms with van der Waals surface area (Å²) in [4.78, 5) is 43.5. The lowest BCUT2D eigenvalue weighted by Crippen LogP contribution is -2.57. The molecular weight excluding hydrogens is 384 g/mol. The summed E-state index contributed by atoms with van der Waals surface area (Å²) in [6.07, 6.45) is 3.53. The number of rotatable bonds is 8. The van der Waals surface area contributed by atoms with E-state index in [2.05, 4.69) is 10.2 Å². The molecule has 0 spiro atoms. The predicted molar refractivity (Wildman–Crippen MR) is 116 cm³/mol. The van der Waals surface area contributed by atoms with Gasteiger partial charge in [0.2, 0.25) is 11.8 Å². The molecule has 2 heterocycles. The lowest BCUT2D eigenvalue weighted by Gasteiger charge is -2.45. The Hall–Kier alpha value is -2.61. The van der Waals surface area contributed by atoms with Crippen LogP contribution in [-0.4, -0.2) is 75.6 Å². The third kappa shape index (κ3) is 4.75. The Bertz CT molecular complexity index is 795. The van der Waals surface area contributed by atoms with Crippen molar-refractivity contribution >= 4 is 29.1 Å². The maximum Gasteiger partial charge on any atom is 0.253 e. The van der Waals surface area contributed by atoms with Crippen molar-refractivity contribution in [2.75, 3.05) is 56.7 Å². The Labute approximate surface area is 178 Å². The summed E-state index contributed by atoms with van der Waals surface area (Å²) < 4.78 is 5.29. The topological polar surface area (TPSA) is 82.2 Å². The van der Waals surface area contributed by atoms with Crippen molar-refractivity contribution in [1.29, 1.82) is 0 Å². The van der Waals surface area contributed by atoms with Crippen molar-refractivity contribution in [3.63, 3.8) is 0 Å². The highest BCUT2D eigenvalue weighted by molar-refractivity contribution is 6.09. The van der Waals surface area contributed by atoms with Gasteiger partial charge in [-0.05, 0) is 50.8 Å². The van der Waals surface area contributed by atoms with Gasteiger partial charge < -0.3 is 19.9 Å². The monoisotopic (exact) mass is 416 g/mol. The molecule has 8 nitrogen and oxygen atoms in total. The first-order valence-electron chi connectivity index (χ1n) is 10.7. The van der Waals surface area contributed by atoms with E-state index in [4.69, 9.17) is 4.74 Å². The van der Waals surface area contributed by atoms with Gasteiger partial charge in [0.1, 0.15) is 12.6 Å². The van der Waals surface area contributed by atoms with Crippen molar-refractivity contribution in [3.05, 3.63) is 23.8 Å². The number of nitrogens with one attached hydrogen (secondary N) is 1. The third-order valence-corrected chi connectivity index (χ3v) is 5.58. The fourth-order valence-corrected chi connectivity index (χ4v) is 4.06. The van der Waals surface area contributed by atoms with Gasteiger partial charge in [0.25, 0.3) is 5.91 Å². The molecule has 0 saturated carbocycles. The Kier molecular flexibility index (Phi) is 7.31. The third-order valence-electron chi connectivity index (χ3n) is 5.58. The van der Waals surface area contributed by atoms with Crippen LogP contribution in [0.1, 0.15) is 43.0 Å². The number of carbonyl (C=O) groups excluding carboxylic acids is 3. The van der Waals surface area contributed by atoms with Gasteiger partial charge >= 0.3 is 0 Å². The standard InChI is InChI=1S/C22H32N4O4/c1-4-30-13-7-11-23-20(27)15-26-19-14-16(21(28)24(2)3)9-10-17(19)25-12-6-5-8-18(25)22(26)29/h9-10,14,18H,4-8,11-13,15H2,1-3H3,(H,23,27). The zero-order valence-corrected chi connectivity index (χ0v) is 18.1. The number of piperidine rings is 1. The second-order valence-corrected chi connectivity index (χ2v) is 7.93. The van der Waals surface area contributed by atoms with Crippen molar-refractivity contribution in [2.45, 2.75) is 38.6 Å². The van der Waals surface area contributed by atoms with Crippen molar-refractivity contribution in [3.8, 4) is 0 Å². The molecule has 1 N–H and O–H groups in total. The molecule has 3 amide bonds. The lowest BCUT2D eigenvalue weighted by molar-refractivity contribution is -0.125. The first-order chi connectivity index (χ1) is 14.4. The lowest BCUT2D eigenvalue weighted by atomic mass is 9.95. The van der Waals surface area contributed by atoms with Gasteiger partial charge in [0, 0.05) is 46.0 Å². The highest BCUT2D eigenvalue weighted by atomic mass is 16.5. The quantitative estimate of drug-likeness (QED) is 0.652. The number of nitrogens with zero attached hydrogens (tertiary/aromatic N) is 3. The van der Waals surface area contributed by atoms with Gasteiger partial charge in [-0.15, -0.1) is 0 Å². The minimum atomic E-state index is -0.243. The van der Waals surface area contributed by atoms with Crippen LogP contribution in [0.15, 0.2) is 18.2 Å². The van der Waals surface area contributed by atoms with Gasteiger partial charge in [0.15, 0.2) is 0 Å². The van der Waals surface area contributed by atoms with Crippen molar-refractivity contribution in [2.24, 2.45) is 0 Å². The summed E-state index contributed by atoms with van der Waals surface area (Å²) in [6, 6.07) is 5.20. The van der Waals surface area contributed by atoms with E-state index < -0.39 is 0 Å². The average Bonchev–Trinajstić information content (AvgIpc) is 2.75. The van der Waals surface area contributed by atoms with E-state index in [-0.39, 0.29) is 30.3 Å². The highest BCUT2D eigenvalue weighted by Crippen LogP contribution is 2.40. The molecule has 8 heteroatoms. The second-order valence-electron chi connectivity index (χ2n) is 7.93. The maximum atomic E-state index is 13.3. The van der Waals surface area contributed by atoms with E-state index in [1.807, 2.05) is 13.0 Å². The number of amides is 3. The maximum absolute atomic E-state index is 13.3. The van der Waals surface area contributed by atoms with Gasteiger partial charge in [-0.2, -0.15) is 0 Å². The van der Waals surface area contributed by atoms with E-state index in [1.54, 1.807) is 31.1 Å². The second kappa shape index (κ2) is 9.93. The SMILES string of the molecule is CCOCCCNC(=O)CN1C(=O)C2CCCCN2c2ccc(C(=O)N(C)C)cc21. The number of anilines is 2. The summed E-state index contributed by atoms with van der Waals surface area (Å²) in [6.45, 7) is 4.44. The fraction of sp³-hybridized carbons (Fsp3) is 0.591. The molecule has 1 aromatic carbocycles. The van der Waals surface area contributed by atoms with Crippen LogP contribution in [-0.2, 0) is 14.3 Å². The van der Waals surface area contributed by atoms with Gasteiger partial charge in [-0.25, -0.2) is 0 Å². The zero-order valence-electron chi connectivity index (χ0n) is 18.1. The molecule has 1 unspecified atom stereocenters. The predicted octanol–water partition coefficient (Wildman–Crippen LogP) is 1.64. The molecule has 1 fully saturated rings. The molecular formula is C22H32N4O4. The molecule has 1 atom stereocenters. The van der Waals surface area contributed by atoms with E-state index in [0.29, 0.717) is 31.0 Å². The molecule has 2 aliphatic heterocycles. The van der Waals surface area contributed by atoms with Gasteiger partial charge in [0.05, 0.1) is 11.4 Å². The van der Waals surface area contributed by atoms with Gasteiger partial charge in [-0.1, -0.05) is 0 Å². The molecule has 0 radical (unpaired) electrons. The van der Waals surface area contributed by atoms with Crippen LogP contribution in [0.5, 0.6) is 0 Å². The van der Waals surface area contributed by atoms with E-state index in [9.17, 15) is 14.4 Å². The summed E-state index contributed by atoms with van der Waals surface area (Å²) in [5, 5.41) is 2.87. The molecule has 1 aromatic rings. The largest absolute Gasteiger partial charge is 0.382 e. The number of hydrogen-bond acceptors (Lipinski definition) is 5. The van der Waals surface area contributed by atoms with E-state index >= 15 is 0 Å². The number of carbonyl (C=O) groups is 3. The van der Waals surface area contributed by atoms with E-state index in [0.717, 1.165) is 37.9 Å². The molecule has 30 heavy (non-hydrogen) atoms. The summed E-state index contributed by atoms with van der Waals surface area (Å²) in [7, 11) is 3.39. The smallest absolute Gasteiger partial charge is 0.253 e. The molecule has 2 aliphatic rings. The Morgan fingerprint density at radius 3 is 2.77 bits per heavy atom. The summed E-state index contributed by atoms with van der Waals surface area (Å²) >= 11 is 0. The fourth-order valence-electron chi connectivity index (χ4n) is 4.06. The van der Waals surface area contributed by atoms with E-state index in [1.165, 1.54) is 4.90 Å². The first kappa shape index (κ1) is 22.1. The van der Waals surface area contributed by atoms with Crippen LogP contribution in [0.3, 0.4) is 0 Å². The number of hydrogen-bond donors (Lipinski definition) is 1. The molecule has 0 aromatic heterocycles. The van der Waals surface area contributed by atoms with Crippen LogP contribution in [0.4, 0.5) is 11.4 Å². The van der Waals surface area contributed by atoms with Crippen LogP contribution >= 0.6 is 0 Å². The summed E-state index contributed by atoms with van der Waals surface area (Å²) in [5.41, 5.74) is 2.05.